The number of alkyl halides is 1. The molecule has 0 aliphatic carbocycles. The molecule has 0 radical (unpaired) electrons. The van der Waals surface area contributed by atoms with E-state index in [1.165, 1.54) is 12.3 Å². The number of carbonyl (C=O) groups is 1. The number of pyridine rings is 1. The molecule has 0 bridgehead atoms. The summed E-state index contributed by atoms with van der Waals surface area (Å²) in [5.74, 6) is -0.115. The van der Waals surface area contributed by atoms with E-state index in [1.54, 1.807) is 6.07 Å². The van der Waals surface area contributed by atoms with Gasteiger partial charge in [-0.15, -0.1) is 11.6 Å². The first-order valence-corrected chi connectivity index (χ1v) is 4.56. The van der Waals surface area contributed by atoms with E-state index in [4.69, 9.17) is 11.6 Å². The molecule has 0 aliphatic rings. The second-order valence-corrected chi connectivity index (χ2v) is 3.07. The third-order valence-electron chi connectivity index (χ3n) is 1.80. The van der Waals surface area contributed by atoms with Crippen molar-refractivity contribution in [2.24, 2.45) is 0 Å². The summed E-state index contributed by atoms with van der Waals surface area (Å²) in [6, 6.07) is 3.09. The lowest BCUT2D eigenvalue weighted by Gasteiger charge is -2.15. The number of hydrogen-bond donors (Lipinski definition) is 2. The highest BCUT2D eigenvalue weighted by Crippen LogP contribution is 2.18. The number of aromatic nitrogens is 1. The molecular formula is C9H10ClNO3. The van der Waals surface area contributed by atoms with Crippen LogP contribution in [-0.2, 0) is 0 Å². The van der Waals surface area contributed by atoms with Crippen molar-refractivity contribution in [3.05, 3.63) is 29.6 Å². The Bertz CT molecular complexity index is 319. The number of hydrogen-bond acceptors (Lipinski definition) is 4. The number of rotatable bonds is 4. The van der Waals surface area contributed by atoms with Crippen molar-refractivity contribution < 1.29 is 15.0 Å². The minimum absolute atomic E-state index is 0.115. The highest BCUT2D eigenvalue weighted by atomic mass is 35.5. The fraction of sp³-hybridized carbons (Fsp3) is 0.333. The minimum atomic E-state index is -1.23. The fourth-order valence-corrected chi connectivity index (χ4v) is 1.21. The third-order valence-corrected chi connectivity index (χ3v) is 2.12. The van der Waals surface area contributed by atoms with E-state index in [0.29, 0.717) is 6.29 Å². The number of halogens is 1. The van der Waals surface area contributed by atoms with Crippen LogP contribution in [0.3, 0.4) is 0 Å². The Morgan fingerprint density at radius 2 is 2.29 bits per heavy atom. The van der Waals surface area contributed by atoms with Crippen LogP contribution in [0.5, 0.6) is 0 Å². The van der Waals surface area contributed by atoms with Crippen LogP contribution < -0.4 is 0 Å². The molecule has 1 aromatic rings. The van der Waals surface area contributed by atoms with E-state index >= 15 is 0 Å². The van der Waals surface area contributed by atoms with Crippen molar-refractivity contribution in [2.75, 3.05) is 5.88 Å². The fourth-order valence-electron chi connectivity index (χ4n) is 1.04. The van der Waals surface area contributed by atoms with Gasteiger partial charge < -0.3 is 10.2 Å². The van der Waals surface area contributed by atoms with Crippen molar-refractivity contribution in [1.29, 1.82) is 0 Å². The molecule has 76 valence electrons. The SMILES string of the molecule is O=Cc1cccnc1C(O)C(O)CCl. The predicted molar refractivity (Wildman–Crippen MR) is 51.3 cm³/mol. The van der Waals surface area contributed by atoms with Gasteiger partial charge in [-0.25, -0.2) is 0 Å². The largest absolute Gasteiger partial charge is 0.389 e. The predicted octanol–water partition coefficient (Wildman–Crippen LogP) is 0.527. The molecular weight excluding hydrogens is 206 g/mol. The van der Waals surface area contributed by atoms with Crippen molar-refractivity contribution in [2.45, 2.75) is 12.2 Å². The molecule has 2 unspecified atom stereocenters. The average Bonchev–Trinajstić information content (AvgIpc) is 2.26. The van der Waals surface area contributed by atoms with Gasteiger partial charge in [-0.1, -0.05) is 0 Å². The Kier molecular flexibility index (Phi) is 4.00. The molecule has 2 N–H and O–H groups in total. The maximum Gasteiger partial charge on any atom is 0.151 e. The molecule has 0 aromatic carbocycles. The first-order chi connectivity index (χ1) is 6.70. The Morgan fingerprint density at radius 1 is 1.57 bits per heavy atom. The molecule has 5 heteroatoms. The summed E-state index contributed by atoms with van der Waals surface area (Å²) in [7, 11) is 0. The van der Waals surface area contributed by atoms with Crippen LogP contribution in [0.1, 0.15) is 22.2 Å². The van der Waals surface area contributed by atoms with Crippen LogP contribution in [0.25, 0.3) is 0 Å². The number of aldehydes is 1. The maximum absolute atomic E-state index is 10.6. The monoisotopic (exact) mass is 215 g/mol. The lowest BCUT2D eigenvalue weighted by atomic mass is 10.1. The van der Waals surface area contributed by atoms with Crippen LogP contribution in [0, 0.1) is 0 Å². The maximum atomic E-state index is 10.6. The zero-order chi connectivity index (χ0) is 10.6. The topological polar surface area (TPSA) is 70.4 Å². The number of aliphatic hydroxyl groups excluding tert-OH is 2. The Balaban J connectivity index is 2.99. The molecule has 0 spiro atoms. The smallest absolute Gasteiger partial charge is 0.151 e. The van der Waals surface area contributed by atoms with Crippen LogP contribution in [-0.4, -0.2) is 33.5 Å². The summed E-state index contributed by atoms with van der Waals surface area (Å²) in [6.45, 7) is 0. The number of aliphatic hydroxyl groups is 2. The normalized spacial score (nSPS) is 14.8. The summed E-state index contributed by atoms with van der Waals surface area (Å²) in [5.41, 5.74) is 0.403. The molecule has 4 nitrogen and oxygen atoms in total. The second kappa shape index (κ2) is 5.05. The lowest BCUT2D eigenvalue weighted by Crippen LogP contribution is -2.21. The number of nitrogens with zero attached hydrogens (tertiary/aromatic N) is 1. The Labute approximate surface area is 86.2 Å². The van der Waals surface area contributed by atoms with E-state index in [1.807, 2.05) is 0 Å². The Hall–Kier alpha value is -0.970. The van der Waals surface area contributed by atoms with E-state index in [0.717, 1.165) is 0 Å². The zero-order valence-corrected chi connectivity index (χ0v) is 8.05. The van der Waals surface area contributed by atoms with Gasteiger partial charge in [0.25, 0.3) is 0 Å². The molecule has 2 atom stereocenters. The summed E-state index contributed by atoms with van der Waals surface area (Å²) < 4.78 is 0. The van der Waals surface area contributed by atoms with Crippen LogP contribution in [0.15, 0.2) is 18.3 Å². The molecule has 1 heterocycles. The summed E-state index contributed by atoms with van der Waals surface area (Å²) >= 11 is 5.37. The van der Waals surface area contributed by atoms with E-state index in [9.17, 15) is 15.0 Å². The van der Waals surface area contributed by atoms with Crippen molar-refractivity contribution in [3.63, 3.8) is 0 Å². The average molecular weight is 216 g/mol. The molecule has 0 aliphatic heterocycles. The standard InChI is InChI=1S/C9H10ClNO3/c10-4-7(13)9(14)8-6(5-12)2-1-3-11-8/h1-3,5,7,9,13-14H,4H2. The number of carbonyl (C=O) groups excluding carboxylic acids is 1. The van der Waals surface area contributed by atoms with Crippen molar-refractivity contribution >= 4 is 17.9 Å². The molecule has 1 rings (SSSR count). The van der Waals surface area contributed by atoms with Gasteiger partial charge in [-0.2, -0.15) is 0 Å². The molecule has 0 saturated heterocycles. The van der Waals surface area contributed by atoms with Crippen molar-refractivity contribution in [1.82, 2.24) is 4.98 Å². The molecule has 14 heavy (non-hydrogen) atoms. The van der Waals surface area contributed by atoms with Gasteiger partial charge in [-0.3, -0.25) is 9.78 Å². The second-order valence-electron chi connectivity index (χ2n) is 2.76. The van der Waals surface area contributed by atoms with Crippen LogP contribution in [0.4, 0.5) is 0 Å². The molecule has 0 saturated carbocycles. The molecule has 1 aromatic heterocycles. The molecule has 0 amide bonds. The van der Waals surface area contributed by atoms with Gasteiger partial charge in [0.05, 0.1) is 17.7 Å². The summed E-state index contributed by atoms with van der Waals surface area (Å²) in [4.78, 5) is 14.4. The van der Waals surface area contributed by atoms with Crippen LogP contribution >= 0.6 is 11.6 Å². The first kappa shape index (κ1) is 11.1. The quantitative estimate of drug-likeness (QED) is 0.568. The highest BCUT2D eigenvalue weighted by Gasteiger charge is 2.21. The van der Waals surface area contributed by atoms with Gasteiger partial charge in [-0.05, 0) is 12.1 Å². The minimum Gasteiger partial charge on any atom is -0.389 e. The van der Waals surface area contributed by atoms with Gasteiger partial charge in [0, 0.05) is 11.8 Å². The van der Waals surface area contributed by atoms with Crippen molar-refractivity contribution in [3.8, 4) is 0 Å². The van der Waals surface area contributed by atoms with Gasteiger partial charge in [0.1, 0.15) is 6.10 Å². The lowest BCUT2D eigenvalue weighted by molar-refractivity contribution is 0.0295. The summed E-state index contributed by atoms with van der Waals surface area (Å²) in [5, 5.41) is 18.8. The summed E-state index contributed by atoms with van der Waals surface area (Å²) in [6.07, 6.45) is -0.335. The van der Waals surface area contributed by atoms with Crippen LogP contribution in [0.2, 0.25) is 0 Å². The zero-order valence-electron chi connectivity index (χ0n) is 7.30. The first-order valence-electron chi connectivity index (χ1n) is 4.03. The highest BCUT2D eigenvalue weighted by molar-refractivity contribution is 6.18. The third kappa shape index (κ3) is 2.29. The van der Waals surface area contributed by atoms with Gasteiger partial charge in [0.15, 0.2) is 6.29 Å². The van der Waals surface area contributed by atoms with E-state index < -0.39 is 12.2 Å². The van der Waals surface area contributed by atoms with E-state index in [-0.39, 0.29) is 17.1 Å². The van der Waals surface area contributed by atoms with Gasteiger partial charge >= 0.3 is 0 Å². The van der Waals surface area contributed by atoms with E-state index in [2.05, 4.69) is 4.98 Å². The molecule has 0 fully saturated rings. The van der Waals surface area contributed by atoms with Gasteiger partial charge in [0.2, 0.25) is 0 Å². The Morgan fingerprint density at radius 3 is 2.86 bits per heavy atom.